The molecule has 1 aromatic carbocycles. The molecule has 0 spiro atoms. The highest BCUT2D eigenvalue weighted by atomic mass is 19.2. The van der Waals surface area contributed by atoms with Crippen molar-refractivity contribution in [2.24, 2.45) is 17.3 Å². The molecule has 0 saturated heterocycles. The number of ether oxygens (including phenoxy) is 2. The van der Waals surface area contributed by atoms with Crippen LogP contribution in [0, 0.1) is 59.4 Å². The largest absolute Gasteiger partial charge is 0.471 e. The van der Waals surface area contributed by atoms with Gasteiger partial charge in [0, 0.05) is 12.0 Å². The van der Waals surface area contributed by atoms with E-state index in [1.807, 2.05) is 5.92 Å². The first-order chi connectivity index (χ1) is 14.5. The number of halogens is 4. The first-order valence-electron chi connectivity index (χ1n) is 9.22. The summed E-state index contributed by atoms with van der Waals surface area (Å²) < 4.78 is 66.0. The Labute approximate surface area is 176 Å². The number of carbonyl (C=O) groups excluding carboxylic acids is 2. The molecule has 9 heteroatoms. The fourth-order valence-electron chi connectivity index (χ4n) is 3.30. The lowest BCUT2D eigenvalue weighted by Crippen LogP contribution is -2.14. The van der Waals surface area contributed by atoms with E-state index in [1.54, 1.807) is 20.8 Å². The van der Waals surface area contributed by atoms with Crippen molar-refractivity contribution >= 4 is 11.9 Å². The van der Waals surface area contributed by atoms with Gasteiger partial charge >= 0.3 is 11.9 Å². The number of hydrogen-bond acceptors (Lipinski definition) is 4. The van der Waals surface area contributed by atoms with Gasteiger partial charge in [-0.2, -0.15) is 0 Å². The molecule has 1 aliphatic carbocycles. The summed E-state index contributed by atoms with van der Waals surface area (Å²) in [5, 5.41) is 0. The van der Waals surface area contributed by atoms with Crippen molar-refractivity contribution in [1.29, 1.82) is 0 Å². The van der Waals surface area contributed by atoms with E-state index in [0.29, 0.717) is 0 Å². The van der Waals surface area contributed by atoms with Crippen molar-refractivity contribution in [3.05, 3.63) is 57.6 Å². The first-order valence-corrected chi connectivity index (χ1v) is 9.22. The minimum Gasteiger partial charge on any atom is -0.471 e. The fraction of sp³-hybridized carbons (Fsp3) is 0.409. The smallest absolute Gasteiger partial charge is 0.335 e. The van der Waals surface area contributed by atoms with Gasteiger partial charge < -0.3 is 9.47 Å². The second-order valence-electron chi connectivity index (χ2n) is 7.41. The van der Waals surface area contributed by atoms with Gasteiger partial charge in [-0.3, -0.25) is 9.59 Å². The molecule has 0 aliphatic heterocycles. The summed E-state index contributed by atoms with van der Waals surface area (Å²) in [5.41, 5.74) is -3.03. The molecule has 0 aromatic heterocycles. The van der Waals surface area contributed by atoms with Crippen molar-refractivity contribution in [1.82, 2.24) is 0 Å². The molecule has 1 aromatic rings. The zero-order valence-electron chi connectivity index (χ0n) is 17.0. The second-order valence-corrected chi connectivity index (χ2v) is 7.41. The SMILES string of the molecule is [C-]#[N+]/C(=C\C1C(C(=O)OCc2c(F)c(F)c(CC#C)c(F)c2F)C1(C)C)C(=O)OCC. The number of nitrogens with zero attached hydrogens (tertiary/aromatic N) is 1. The van der Waals surface area contributed by atoms with Crippen LogP contribution in [0.1, 0.15) is 31.9 Å². The molecule has 0 N–H and O–H groups in total. The van der Waals surface area contributed by atoms with Crippen LogP contribution >= 0.6 is 0 Å². The molecular weight excluding hydrogens is 418 g/mol. The van der Waals surface area contributed by atoms with Crippen LogP contribution in [0.3, 0.4) is 0 Å². The number of esters is 2. The molecular formula is C22H19F4NO4. The van der Waals surface area contributed by atoms with E-state index in [0.717, 1.165) is 0 Å². The number of benzene rings is 1. The number of terminal acetylenes is 1. The maximum absolute atomic E-state index is 14.2. The number of allylic oxidation sites excluding steroid dienone is 1. The van der Waals surface area contributed by atoms with Gasteiger partial charge in [-0.05, 0) is 18.3 Å². The number of carbonyl (C=O) groups is 2. The highest BCUT2D eigenvalue weighted by molar-refractivity contribution is 5.91. The van der Waals surface area contributed by atoms with E-state index in [1.165, 1.54) is 6.08 Å². The van der Waals surface area contributed by atoms with Gasteiger partial charge in [0.25, 0.3) is 5.70 Å². The lowest BCUT2D eigenvalue weighted by atomic mass is 10.1. The van der Waals surface area contributed by atoms with E-state index in [2.05, 4.69) is 4.85 Å². The van der Waals surface area contributed by atoms with Gasteiger partial charge in [0.2, 0.25) is 0 Å². The molecule has 0 radical (unpaired) electrons. The summed E-state index contributed by atoms with van der Waals surface area (Å²) in [6.45, 7) is 11.0. The summed E-state index contributed by atoms with van der Waals surface area (Å²) in [4.78, 5) is 27.3. The predicted octanol–water partition coefficient (Wildman–Crippen LogP) is 4.10. The Balaban J connectivity index is 2.20. The minimum atomic E-state index is -1.69. The normalized spacial score (nSPS) is 19.2. The zero-order valence-corrected chi connectivity index (χ0v) is 17.0. The molecule has 1 aliphatic rings. The van der Waals surface area contributed by atoms with Crippen LogP contribution in [0.5, 0.6) is 0 Å². The van der Waals surface area contributed by atoms with Gasteiger partial charge in [0.05, 0.1) is 24.7 Å². The number of rotatable bonds is 7. The van der Waals surface area contributed by atoms with Crippen LogP contribution in [0.4, 0.5) is 17.6 Å². The third kappa shape index (κ3) is 4.56. The standard InChI is InChI=1S/C22H19F4NO4/c1-6-8-11-16(23)18(25)12(19(26)17(11)24)10-31-21(29)15-13(22(15,3)4)9-14(27-5)20(28)30-7-2/h1,9,13,15H,7-8,10H2,2-4H3/b14-9-. The maximum atomic E-state index is 14.2. The van der Waals surface area contributed by atoms with Crippen molar-refractivity contribution in [2.45, 2.75) is 33.8 Å². The summed E-state index contributed by atoms with van der Waals surface area (Å²) >= 11 is 0. The van der Waals surface area contributed by atoms with E-state index in [4.69, 9.17) is 22.5 Å². The molecule has 31 heavy (non-hydrogen) atoms. The Hall–Kier alpha value is -3.33. The molecule has 2 unspecified atom stereocenters. The lowest BCUT2D eigenvalue weighted by Gasteiger charge is -2.11. The fourth-order valence-corrected chi connectivity index (χ4v) is 3.30. The van der Waals surface area contributed by atoms with Gasteiger partial charge in [-0.25, -0.2) is 22.4 Å². The summed E-state index contributed by atoms with van der Waals surface area (Å²) in [5.74, 6) is -7.92. The minimum absolute atomic E-state index is 0.0651. The van der Waals surface area contributed by atoms with Crippen molar-refractivity contribution < 1.29 is 36.6 Å². The maximum Gasteiger partial charge on any atom is 0.335 e. The van der Waals surface area contributed by atoms with Crippen LogP contribution in [-0.4, -0.2) is 18.5 Å². The average molecular weight is 437 g/mol. The van der Waals surface area contributed by atoms with E-state index >= 15 is 0 Å². The Morgan fingerprint density at radius 1 is 1.13 bits per heavy atom. The number of hydrogen-bond donors (Lipinski definition) is 0. The molecule has 0 bridgehead atoms. The third-order valence-electron chi connectivity index (χ3n) is 5.19. The summed E-state index contributed by atoms with van der Waals surface area (Å²) in [6, 6.07) is 0. The quantitative estimate of drug-likeness (QED) is 0.161. The van der Waals surface area contributed by atoms with Crippen LogP contribution in [0.15, 0.2) is 11.8 Å². The molecule has 2 atom stereocenters. The molecule has 1 fully saturated rings. The highest BCUT2D eigenvalue weighted by Gasteiger charge is 2.61. The van der Waals surface area contributed by atoms with E-state index < -0.39 is 76.6 Å². The molecule has 164 valence electrons. The van der Waals surface area contributed by atoms with Gasteiger partial charge in [0.1, 0.15) is 6.61 Å². The summed E-state index contributed by atoms with van der Waals surface area (Å²) in [6.07, 6.45) is 5.57. The van der Waals surface area contributed by atoms with Crippen molar-refractivity contribution in [2.75, 3.05) is 6.61 Å². The van der Waals surface area contributed by atoms with Crippen LogP contribution in [-0.2, 0) is 32.1 Å². The molecule has 5 nitrogen and oxygen atoms in total. The molecule has 1 saturated carbocycles. The highest BCUT2D eigenvalue weighted by Crippen LogP contribution is 2.60. The Morgan fingerprint density at radius 3 is 2.16 bits per heavy atom. The predicted molar refractivity (Wildman–Crippen MR) is 101 cm³/mol. The second kappa shape index (κ2) is 9.22. The lowest BCUT2D eigenvalue weighted by molar-refractivity contribution is -0.147. The van der Waals surface area contributed by atoms with E-state index in [-0.39, 0.29) is 12.3 Å². The van der Waals surface area contributed by atoms with Crippen molar-refractivity contribution in [3.63, 3.8) is 0 Å². The Morgan fingerprint density at radius 2 is 1.68 bits per heavy atom. The summed E-state index contributed by atoms with van der Waals surface area (Å²) in [7, 11) is 0. The van der Waals surface area contributed by atoms with E-state index in [9.17, 15) is 27.2 Å². The average Bonchev–Trinajstić information content (AvgIpc) is 3.27. The van der Waals surface area contributed by atoms with Crippen LogP contribution < -0.4 is 0 Å². The first kappa shape index (κ1) is 23.9. The topological polar surface area (TPSA) is 57.0 Å². The Bertz CT molecular complexity index is 1000. The zero-order chi connectivity index (χ0) is 23.5. The Kier molecular flexibility index (Phi) is 7.12. The van der Waals surface area contributed by atoms with Crippen molar-refractivity contribution in [3.8, 4) is 12.3 Å². The van der Waals surface area contributed by atoms with Gasteiger partial charge in [-0.1, -0.05) is 19.9 Å². The molecule has 2 rings (SSSR count). The molecule has 0 heterocycles. The van der Waals surface area contributed by atoms with Gasteiger partial charge in [-0.15, -0.1) is 12.3 Å². The van der Waals surface area contributed by atoms with Crippen LogP contribution in [0.2, 0.25) is 0 Å². The monoisotopic (exact) mass is 437 g/mol. The third-order valence-corrected chi connectivity index (χ3v) is 5.19. The van der Waals surface area contributed by atoms with Crippen LogP contribution in [0.25, 0.3) is 4.85 Å². The molecule has 0 amide bonds. The van der Waals surface area contributed by atoms with Gasteiger partial charge in [0.15, 0.2) is 23.3 Å².